The van der Waals surface area contributed by atoms with E-state index in [1.54, 1.807) is 0 Å². The molecule has 0 fully saturated rings. The molecule has 1 atom stereocenters. The van der Waals surface area contributed by atoms with E-state index in [1.807, 2.05) is 24.3 Å². The van der Waals surface area contributed by atoms with Gasteiger partial charge in [-0.05, 0) is 45.2 Å². The van der Waals surface area contributed by atoms with E-state index in [9.17, 15) is 0 Å². The van der Waals surface area contributed by atoms with Crippen LogP contribution in [0, 0.1) is 11.3 Å². The van der Waals surface area contributed by atoms with Crippen molar-refractivity contribution in [2.45, 2.75) is 12.5 Å². The first-order chi connectivity index (χ1) is 8.15. The summed E-state index contributed by atoms with van der Waals surface area (Å²) in [6.45, 7) is 1.87. The largest absolute Gasteiger partial charge is 0.309 e. The average Bonchev–Trinajstić information content (AvgIpc) is 2.30. The molecule has 1 unspecified atom stereocenters. The van der Waals surface area contributed by atoms with E-state index in [4.69, 9.17) is 5.26 Å². The maximum Gasteiger partial charge on any atom is 0.122 e. The minimum absolute atomic E-state index is 0.243. The molecule has 0 saturated heterocycles. The van der Waals surface area contributed by atoms with E-state index in [0.29, 0.717) is 0 Å². The molecular formula is C13H18BrN3. The van der Waals surface area contributed by atoms with E-state index in [-0.39, 0.29) is 6.04 Å². The molecule has 1 rings (SSSR count). The zero-order chi connectivity index (χ0) is 12.7. The maximum atomic E-state index is 9.17. The lowest BCUT2D eigenvalue weighted by Crippen LogP contribution is -2.24. The highest BCUT2D eigenvalue weighted by Crippen LogP contribution is 2.22. The lowest BCUT2D eigenvalue weighted by molar-refractivity contribution is 0.392. The van der Waals surface area contributed by atoms with Gasteiger partial charge < -0.3 is 4.90 Å². The monoisotopic (exact) mass is 295 g/mol. The van der Waals surface area contributed by atoms with Crippen LogP contribution in [0.25, 0.3) is 0 Å². The summed E-state index contributed by atoms with van der Waals surface area (Å²) in [6, 6.07) is 9.88. The second-order valence-corrected chi connectivity index (χ2v) is 5.05. The van der Waals surface area contributed by atoms with Gasteiger partial charge in [0.2, 0.25) is 0 Å². The van der Waals surface area contributed by atoms with Crippen LogP contribution in [0.5, 0.6) is 0 Å². The fraction of sp³-hybridized carbons (Fsp3) is 0.462. The summed E-state index contributed by atoms with van der Waals surface area (Å²) >= 11 is 3.47. The van der Waals surface area contributed by atoms with Crippen molar-refractivity contribution in [2.75, 3.05) is 27.2 Å². The Hall–Kier alpha value is -0.890. The van der Waals surface area contributed by atoms with Gasteiger partial charge in [0, 0.05) is 4.47 Å². The Bertz CT molecular complexity index is 384. The molecule has 92 valence electrons. The summed E-state index contributed by atoms with van der Waals surface area (Å²) in [7, 11) is 4.10. The summed E-state index contributed by atoms with van der Waals surface area (Å²) in [5, 5.41) is 12.4. The molecule has 0 heterocycles. The highest BCUT2D eigenvalue weighted by Gasteiger charge is 2.11. The normalized spacial score (nSPS) is 12.4. The number of rotatable bonds is 6. The van der Waals surface area contributed by atoms with E-state index in [1.165, 1.54) is 0 Å². The van der Waals surface area contributed by atoms with Crippen molar-refractivity contribution in [1.82, 2.24) is 10.2 Å². The van der Waals surface area contributed by atoms with Crippen LogP contribution >= 0.6 is 15.9 Å². The van der Waals surface area contributed by atoms with Crippen molar-refractivity contribution in [3.8, 4) is 6.07 Å². The zero-order valence-electron chi connectivity index (χ0n) is 10.3. The Morgan fingerprint density at radius 1 is 1.41 bits per heavy atom. The van der Waals surface area contributed by atoms with Gasteiger partial charge in [-0.1, -0.05) is 34.1 Å². The van der Waals surface area contributed by atoms with Gasteiger partial charge in [0.15, 0.2) is 0 Å². The average molecular weight is 296 g/mol. The fourth-order valence-corrected chi connectivity index (χ4v) is 2.09. The summed E-state index contributed by atoms with van der Waals surface area (Å²) in [5.74, 6) is 0. The standard InChI is InChI=1S/C13H18BrN3/c1-17(2)9-5-8-16-13(10-15)11-6-3-4-7-12(11)14/h3-4,6-7,13,16H,5,8-9H2,1-2H3. The lowest BCUT2D eigenvalue weighted by atomic mass is 10.1. The third-order valence-electron chi connectivity index (χ3n) is 2.48. The van der Waals surface area contributed by atoms with E-state index in [0.717, 1.165) is 29.5 Å². The molecule has 0 aliphatic carbocycles. The molecule has 1 N–H and O–H groups in total. The number of nitrogens with one attached hydrogen (secondary N) is 1. The van der Waals surface area contributed by atoms with Crippen LogP contribution in [0.2, 0.25) is 0 Å². The summed E-state index contributed by atoms with van der Waals surface area (Å²) < 4.78 is 0.978. The minimum Gasteiger partial charge on any atom is -0.309 e. The maximum absolute atomic E-state index is 9.17. The van der Waals surface area contributed by atoms with Crippen LogP contribution in [-0.2, 0) is 0 Å². The molecule has 17 heavy (non-hydrogen) atoms. The van der Waals surface area contributed by atoms with Gasteiger partial charge >= 0.3 is 0 Å². The predicted molar refractivity (Wildman–Crippen MR) is 73.7 cm³/mol. The van der Waals surface area contributed by atoms with Crippen molar-refractivity contribution in [3.05, 3.63) is 34.3 Å². The van der Waals surface area contributed by atoms with Gasteiger partial charge in [0.1, 0.15) is 6.04 Å². The lowest BCUT2D eigenvalue weighted by Gasteiger charge is -2.14. The van der Waals surface area contributed by atoms with Gasteiger partial charge in [0.05, 0.1) is 6.07 Å². The first-order valence-electron chi connectivity index (χ1n) is 5.67. The predicted octanol–water partition coefficient (Wildman–Crippen LogP) is 2.56. The molecule has 0 saturated carbocycles. The van der Waals surface area contributed by atoms with Gasteiger partial charge in [0.25, 0.3) is 0 Å². The SMILES string of the molecule is CN(C)CCCNC(C#N)c1ccccc1Br. The third-order valence-corrected chi connectivity index (χ3v) is 3.20. The van der Waals surface area contributed by atoms with Crippen LogP contribution in [-0.4, -0.2) is 32.1 Å². The number of hydrogen-bond donors (Lipinski definition) is 1. The minimum atomic E-state index is -0.243. The van der Waals surface area contributed by atoms with Crippen LogP contribution in [0.1, 0.15) is 18.0 Å². The Kier molecular flexibility index (Phi) is 6.20. The molecule has 0 bridgehead atoms. The van der Waals surface area contributed by atoms with Gasteiger partial charge in [-0.3, -0.25) is 5.32 Å². The molecule has 4 heteroatoms. The Labute approximate surface area is 112 Å². The molecule has 0 aromatic heterocycles. The second-order valence-electron chi connectivity index (χ2n) is 4.19. The first-order valence-corrected chi connectivity index (χ1v) is 6.46. The highest BCUT2D eigenvalue weighted by molar-refractivity contribution is 9.10. The number of benzene rings is 1. The molecule has 1 aromatic rings. The summed E-state index contributed by atoms with van der Waals surface area (Å²) in [5.41, 5.74) is 1.000. The molecule has 0 aliphatic rings. The number of nitriles is 1. The topological polar surface area (TPSA) is 39.1 Å². The second kappa shape index (κ2) is 7.44. The van der Waals surface area contributed by atoms with Crippen molar-refractivity contribution in [3.63, 3.8) is 0 Å². The van der Waals surface area contributed by atoms with E-state index in [2.05, 4.69) is 46.3 Å². The Balaban J connectivity index is 2.50. The number of halogens is 1. The summed E-state index contributed by atoms with van der Waals surface area (Å²) in [4.78, 5) is 2.14. The van der Waals surface area contributed by atoms with Crippen molar-refractivity contribution >= 4 is 15.9 Å². The Morgan fingerprint density at radius 3 is 2.71 bits per heavy atom. The Morgan fingerprint density at radius 2 is 2.12 bits per heavy atom. The van der Waals surface area contributed by atoms with Gasteiger partial charge in [-0.25, -0.2) is 0 Å². The fourth-order valence-electron chi connectivity index (χ4n) is 1.58. The number of nitrogens with zero attached hydrogens (tertiary/aromatic N) is 2. The van der Waals surface area contributed by atoms with Crippen LogP contribution < -0.4 is 5.32 Å². The van der Waals surface area contributed by atoms with E-state index >= 15 is 0 Å². The summed E-state index contributed by atoms with van der Waals surface area (Å²) in [6.07, 6.45) is 1.04. The number of hydrogen-bond acceptors (Lipinski definition) is 3. The van der Waals surface area contributed by atoms with Crippen molar-refractivity contribution in [2.24, 2.45) is 0 Å². The van der Waals surface area contributed by atoms with Gasteiger partial charge in [-0.2, -0.15) is 5.26 Å². The third kappa shape index (κ3) is 4.86. The van der Waals surface area contributed by atoms with Crippen molar-refractivity contribution < 1.29 is 0 Å². The molecule has 1 aromatic carbocycles. The highest BCUT2D eigenvalue weighted by atomic mass is 79.9. The zero-order valence-corrected chi connectivity index (χ0v) is 11.9. The molecule has 0 spiro atoms. The van der Waals surface area contributed by atoms with E-state index < -0.39 is 0 Å². The molecule has 0 aliphatic heterocycles. The van der Waals surface area contributed by atoms with Crippen LogP contribution in [0.3, 0.4) is 0 Å². The molecule has 3 nitrogen and oxygen atoms in total. The van der Waals surface area contributed by atoms with Crippen LogP contribution in [0.15, 0.2) is 28.7 Å². The molecule has 0 amide bonds. The van der Waals surface area contributed by atoms with Crippen LogP contribution in [0.4, 0.5) is 0 Å². The quantitative estimate of drug-likeness (QED) is 0.820. The van der Waals surface area contributed by atoms with Crippen molar-refractivity contribution in [1.29, 1.82) is 5.26 Å². The molecular weight excluding hydrogens is 278 g/mol. The van der Waals surface area contributed by atoms with Gasteiger partial charge in [-0.15, -0.1) is 0 Å². The molecule has 0 radical (unpaired) electrons. The first kappa shape index (κ1) is 14.2. The smallest absolute Gasteiger partial charge is 0.122 e.